The summed E-state index contributed by atoms with van der Waals surface area (Å²) in [5.41, 5.74) is 1.20. The van der Waals surface area contributed by atoms with Gasteiger partial charge in [-0.15, -0.1) is 0 Å². The number of hydrogen-bond acceptors (Lipinski definition) is 4. The molecule has 3 rings (SSSR count). The van der Waals surface area contributed by atoms with Crippen molar-refractivity contribution in [3.63, 3.8) is 0 Å². The van der Waals surface area contributed by atoms with Crippen molar-refractivity contribution >= 4 is 29.0 Å². The van der Waals surface area contributed by atoms with E-state index in [1.165, 1.54) is 6.20 Å². The maximum Gasteiger partial charge on any atom is 0.227 e. The quantitative estimate of drug-likeness (QED) is 0.880. The fourth-order valence-corrected chi connectivity index (χ4v) is 2.53. The van der Waals surface area contributed by atoms with Crippen LogP contribution in [-0.2, 0) is 11.3 Å². The lowest BCUT2D eigenvalue weighted by atomic mass is 10.2. The lowest BCUT2D eigenvalue weighted by molar-refractivity contribution is -0.117. The van der Waals surface area contributed by atoms with Gasteiger partial charge in [0.25, 0.3) is 0 Å². The van der Waals surface area contributed by atoms with Gasteiger partial charge in [-0.1, -0.05) is 11.6 Å². The van der Waals surface area contributed by atoms with Gasteiger partial charge in [-0.2, -0.15) is 0 Å². The van der Waals surface area contributed by atoms with Crippen molar-refractivity contribution in [2.45, 2.75) is 19.4 Å². The van der Waals surface area contributed by atoms with Crippen molar-refractivity contribution in [3.05, 3.63) is 47.1 Å². The highest BCUT2D eigenvalue weighted by Crippen LogP contribution is 2.22. The molecule has 22 heavy (non-hydrogen) atoms. The van der Waals surface area contributed by atoms with Crippen LogP contribution in [-0.4, -0.2) is 22.4 Å². The Morgan fingerprint density at radius 1 is 1.32 bits per heavy atom. The highest BCUT2D eigenvalue weighted by atomic mass is 35.5. The van der Waals surface area contributed by atoms with E-state index in [4.69, 9.17) is 11.6 Å². The minimum Gasteiger partial charge on any atom is -0.366 e. The molecule has 0 atom stereocenters. The Labute approximate surface area is 132 Å². The highest BCUT2D eigenvalue weighted by molar-refractivity contribution is 6.29. The molecule has 0 saturated carbocycles. The van der Waals surface area contributed by atoms with Gasteiger partial charge in [0, 0.05) is 31.3 Å². The Balaban J connectivity index is 1.66. The summed E-state index contributed by atoms with van der Waals surface area (Å²) in [6, 6.07) is 5.15. The van der Waals surface area contributed by atoms with Crippen LogP contribution in [0, 0.1) is 5.82 Å². The Hall–Kier alpha value is -2.21. The average Bonchev–Trinajstić information content (AvgIpc) is 2.95. The predicted octanol–water partition coefficient (Wildman–Crippen LogP) is 3.01. The minimum absolute atomic E-state index is 0.121. The van der Waals surface area contributed by atoms with Crippen LogP contribution in [0.5, 0.6) is 0 Å². The Morgan fingerprint density at radius 2 is 2.18 bits per heavy atom. The van der Waals surface area contributed by atoms with Crippen LogP contribution in [0.1, 0.15) is 18.4 Å². The molecule has 2 aromatic rings. The van der Waals surface area contributed by atoms with Crippen LogP contribution in [0.15, 0.2) is 30.6 Å². The van der Waals surface area contributed by atoms with E-state index >= 15 is 0 Å². The lowest BCUT2D eigenvalue weighted by Crippen LogP contribution is -2.23. The maximum atomic E-state index is 13.7. The van der Waals surface area contributed by atoms with E-state index in [0.717, 1.165) is 18.7 Å². The summed E-state index contributed by atoms with van der Waals surface area (Å²) in [5.74, 6) is 0.190. The lowest BCUT2D eigenvalue weighted by Gasteiger charge is -2.15. The number of nitrogens with one attached hydrogen (secondary N) is 1. The molecule has 0 spiro atoms. The maximum absolute atomic E-state index is 13.7. The van der Waals surface area contributed by atoms with Crippen molar-refractivity contribution in [3.8, 4) is 0 Å². The summed E-state index contributed by atoms with van der Waals surface area (Å²) in [7, 11) is 0. The number of hydrogen-bond donors (Lipinski definition) is 1. The van der Waals surface area contributed by atoms with Gasteiger partial charge >= 0.3 is 0 Å². The summed E-state index contributed by atoms with van der Waals surface area (Å²) in [4.78, 5) is 21.3. The second-order valence-electron chi connectivity index (χ2n) is 4.98. The number of nitrogens with zero attached hydrogens (tertiary/aromatic N) is 3. The summed E-state index contributed by atoms with van der Waals surface area (Å²) < 4.78 is 13.7. The predicted molar refractivity (Wildman–Crippen MR) is 82.4 cm³/mol. The molecule has 1 N–H and O–H groups in total. The van der Waals surface area contributed by atoms with Crippen LogP contribution in [0.2, 0.25) is 5.15 Å². The third kappa shape index (κ3) is 3.01. The number of carbonyl (C=O) groups excluding carboxylic acids is 1. The molecule has 5 nitrogen and oxygen atoms in total. The standard InChI is InChI=1S/C15H14ClFN4O/c16-15-14(17)10(5-6-18-15)8-19-12-4-3-11(9-20-12)21-7-1-2-13(21)22/h3-6,9H,1-2,7-8H2,(H,19,20). The van der Waals surface area contributed by atoms with Crippen LogP contribution in [0.4, 0.5) is 15.9 Å². The zero-order valence-corrected chi connectivity index (χ0v) is 12.5. The van der Waals surface area contributed by atoms with Crippen molar-refractivity contribution in [2.24, 2.45) is 0 Å². The van der Waals surface area contributed by atoms with Crippen LogP contribution in [0.3, 0.4) is 0 Å². The highest BCUT2D eigenvalue weighted by Gasteiger charge is 2.21. The van der Waals surface area contributed by atoms with E-state index in [1.807, 2.05) is 6.07 Å². The fraction of sp³-hybridized carbons (Fsp3) is 0.267. The summed E-state index contributed by atoms with van der Waals surface area (Å²) in [5, 5.41) is 2.87. The van der Waals surface area contributed by atoms with Crippen LogP contribution < -0.4 is 10.2 Å². The van der Waals surface area contributed by atoms with Crippen molar-refractivity contribution in [1.82, 2.24) is 9.97 Å². The molecule has 0 aliphatic carbocycles. The number of carbonyl (C=O) groups is 1. The molecule has 1 fully saturated rings. The van der Waals surface area contributed by atoms with Crippen LogP contribution >= 0.6 is 11.6 Å². The van der Waals surface area contributed by atoms with Crippen LogP contribution in [0.25, 0.3) is 0 Å². The first kappa shape index (κ1) is 14.7. The number of pyridine rings is 2. The van der Waals surface area contributed by atoms with E-state index in [-0.39, 0.29) is 17.6 Å². The van der Waals surface area contributed by atoms with Crippen molar-refractivity contribution < 1.29 is 9.18 Å². The number of halogens is 2. The average molecular weight is 321 g/mol. The largest absolute Gasteiger partial charge is 0.366 e. The topological polar surface area (TPSA) is 58.1 Å². The van der Waals surface area contributed by atoms with Gasteiger partial charge in [0.15, 0.2) is 11.0 Å². The Kier molecular flexibility index (Phi) is 4.20. The van der Waals surface area contributed by atoms with Gasteiger partial charge in [0.05, 0.1) is 11.9 Å². The number of amides is 1. The first-order chi connectivity index (χ1) is 10.6. The fourth-order valence-electron chi connectivity index (χ4n) is 2.35. The summed E-state index contributed by atoms with van der Waals surface area (Å²) in [6.07, 6.45) is 4.56. The van der Waals surface area contributed by atoms with E-state index in [0.29, 0.717) is 17.8 Å². The minimum atomic E-state index is -0.532. The molecule has 1 aliphatic heterocycles. The van der Waals surface area contributed by atoms with Gasteiger partial charge in [-0.05, 0) is 24.6 Å². The molecule has 0 aromatic carbocycles. The van der Waals surface area contributed by atoms with Gasteiger partial charge in [-0.25, -0.2) is 14.4 Å². The molecule has 114 valence electrons. The number of rotatable bonds is 4. The second-order valence-corrected chi connectivity index (χ2v) is 5.34. The zero-order chi connectivity index (χ0) is 15.5. The normalized spacial score (nSPS) is 14.5. The molecule has 1 aliphatic rings. The molecule has 3 heterocycles. The van der Waals surface area contributed by atoms with E-state index in [9.17, 15) is 9.18 Å². The Bertz CT molecular complexity index is 692. The Morgan fingerprint density at radius 3 is 2.86 bits per heavy atom. The monoisotopic (exact) mass is 320 g/mol. The van der Waals surface area contributed by atoms with E-state index in [1.54, 1.807) is 23.2 Å². The van der Waals surface area contributed by atoms with Gasteiger partial charge in [0.2, 0.25) is 5.91 Å². The third-order valence-corrected chi connectivity index (χ3v) is 3.78. The molecule has 0 unspecified atom stereocenters. The summed E-state index contributed by atoms with van der Waals surface area (Å²) >= 11 is 5.64. The molecule has 7 heteroatoms. The second kappa shape index (κ2) is 6.27. The molecule has 1 amide bonds. The van der Waals surface area contributed by atoms with Gasteiger partial charge in [-0.3, -0.25) is 4.79 Å². The molecule has 0 bridgehead atoms. The van der Waals surface area contributed by atoms with E-state index < -0.39 is 5.82 Å². The van der Waals surface area contributed by atoms with Gasteiger partial charge < -0.3 is 10.2 Å². The summed E-state index contributed by atoms with van der Waals surface area (Å²) in [6.45, 7) is 0.983. The molecular formula is C15H14ClFN4O. The molecular weight excluding hydrogens is 307 g/mol. The smallest absolute Gasteiger partial charge is 0.227 e. The molecule has 1 saturated heterocycles. The first-order valence-corrected chi connectivity index (χ1v) is 7.32. The number of anilines is 2. The van der Waals surface area contributed by atoms with Gasteiger partial charge in [0.1, 0.15) is 5.82 Å². The first-order valence-electron chi connectivity index (χ1n) is 6.94. The molecule has 0 radical (unpaired) electrons. The van der Waals surface area contributed by atoms with E-state index in [2.05, 4.69) is 15.3 Å². The number of aromatic nitrogens is 2. The van der Waals surface area contributed by atoms with Crippen molar-refractivity contribution in [1.29, 1.82) is 0 Å². The zero-order valence-electron chi connectivity index (χ0n) is 11.7. The third-order valence-electron chi connectivity index (χ3n) is 3.52. The van der Waals surface area contributed by atoms with Crippen molar-refractivity contribution in [2.75, 3.05) is 16.8 Å². The SMILES string of the molecule is O=C1CCCN1c1ccc(NCc2ccnc(Cl)c2F)nc1. The molecule has 2 aromatic heterocycles.